The number of rotatable bonds is 1. The minimum Gasteiger partial charge on any atom is -0.496 e. The Labute approximate surface area is 138 Å². The molecule has 0 aromatic heterocycles. The van der Waals surface area contributed by atoms with Crippen LogP contribution in [0.1, 0.15) is 74.0 Å². The summed E-state index contributed by atoms with van der Waals surface area (Å²) < 4.78 is 11.9. The maximum atomic E-state index is 13.1. The van der Waals surface area contributed by atoms with Crippen molar-refractivity contribution in [1.29, 1.82) is 0 Å². The fourth-order valence-electron chi connectivity index (χ4n) is 5.21. The van der Waals surface area contributed by atoms with Gasteiger partial charge in [0.05, 0.1) is 7.11 Å². The van der Waals surface area contributed by atoms with Gasteiger partial charge >= 0.3 is 0 Å². The Bertz CT molecular complexity index is 705. The van der Waals surface area contributed by atoms with E-state index in [9.17, 15) is 4.79 Å². The first kappa shape index (κ1) is 15.2. The molecule has 0 N–H and O–H groups in total. The summed E-state index contributed by atoms with van der Waals surface area (Å²) in [6.07, 6.45) is 4.01. The number of hydrogen-bond acceptors (Lipinski definition) is 3. The summed E-state index contributed by atoms with van der Waals surface area (Å²) in [6, 6.07) is 4.04. The maximum Gasteiger partial charge on any atom is 0.163 e. The van der Waals surface area contributed by atoms with Gasteiger partial charge in [-0.05, 0) is 54.9 Å². The van der Waals surface area contributed by atoms with Crippen molar-refractivity contribution in [2.45, 2.75) is 65.1 Å². The second-order valence-corrected chi connectivity index (χ2v) is 8.47. The van der Waals surface area contributed by atoms with Gasteiger partial charge in [0.2, 0.25) is 0 Å². The van der Waals surface area contributed by atoms with Gasteiger partial charge in [0.1, 0.15) is 17.5 Å². The summed E-state index contributed by atoms with van der Waals surface area (Å²) in [6.45, 7) is 8.89. The molecule has 0 bridgehead atoms. The van der Waals surface area contributed by atoms with Crippen LogP contribution in [0.3, 0.4) is 0 Å². The van der Waals surface area contributed by atoms with Crippen molar-refractivity contribution in [1.82, 2.24) is 0 Å². The first-order valence-electron chi connectivity index (χ1n) is 8.65. The molecular weight excluding hydrogens is 288 g/mol. The van der Waals surface area contributed by atoms with E-state index in [4.69, 9.17) is 9.47 Å². The molecule has 3 heteroatoms. The van der Waals surface area contributed by atoms with Crippen LogP contribution in [0.4, 0.5) is 0 Å². The highest BCUT2D eigenvalue weighted by molar-refractivity contribution is 5.99. The Morgan fingerprint density at radius 1 is 1.22 bits per heavy atom. The topological polar surface area (TPSA) is 38.8 Å². The minimum atomic E-state index is -0.171. The van der Waals surface area contributed by atoms with Crippen LogP contribution >= 0.6 is 0 Å². The van der Waals surface area contributed by atoms with Crippen LogP contribution in [-0.4, -0.2) is 18.5 Å². The molecule has 1 saturated carbocycles. The number of Topliss-reactive ketones (excluding diaryl/α,β-unsaturated/α-hetero) is 1. The molecule has 3 atom stereocenters. The fraction of sp³-hybridized carbons (Fsp3) is 0.650. The van der Waals surface area contributed by atoms with Crippen molar-refractivity contribution in [3.8, 4) is 5.75 Å². The Balaban J connectivity index is 1.91. The lowest BCUT2D eigenvalue weighted by Crippen LogP contribution is -2.51. The summed E-state index contributed by atoms with van der Waals surface area (Å²) in [7, 11) is 1.69. The maximum absolute atomic E-state index is 13.1. The summed E-state index contributed by atoms with van der Waals surface area (Å²) in [5, 5.41) is 0. The van der Waals surface area contributed by atoms with Gasteiger partial charge in [0, 0.05) is 17.4 Å². The van der Waals surface area contributed by atoms with Crippen LogP contribution in [0.2, 0.25) is 0 Å². The van der Waals surface area contributed by atoms with Gasteiger partial charge in [-0.15, -0.1) is 0 Å². The molecule has 1 aliphatic heterocycles. The third-order valence-electron chi connectivity index (χ3n) is 7.14. The number of carbonyl (C=O) groups is 1. The van der Waals surface area contributed by atoms with E-state index in [0.29, 0.717) is 6.42 Å². The van der Waals surface area contributed by atoms with Crippen LogP contribution in [0, 0.1) is 17.8 Å². The number of benzene rings is 1. The lowest BCUT2D eigenvalue weighted by molar-refractivity contribution is -0.0475. The number of hydrogen-bond donors (Lipinski definition) is 0. The Hall–Kier alpha value is -1.35. The second kappa shape index (κ2) is 4.38. The fourth-order valence-corrected chi connectivity index (χ4v) is 5.21. The molecule has 1 aromatic carbocycles. The highest BCUT2D eigenvalue weighted by Crippen LogP contribution is 2.73. The van der Waals surface area contributed by atoms with Crippen LogP contribution < -0.4 is 4.74 Å². The highest BCUT2D eigenvalue weighted by atomic mass is 16.6. The van der Waals surface area contributed by atoms with E-state index in [0.717, 1.165) is 35.3 Å². The molecule has 1 spiro atoms. The molecule has 1 aromatic rings. The second-order valence-electron chi connectivity index (χ2n) is 8.47. The predicted molar refractivity (Wildman–Crippen MR) is 89.0 cm³/mol. The van der Waals surface area contributed by atoms with Gasteiger partial charge < -0.3 is 9.47 Å². The first-order valence-corrected chi connectivity index (χ1v) is 8.65. The van der Waals surface area contributed by atoms with Gasteiger partial charge in [0.15, 0.2) is 5.78 Å². The monoisotopic (exact) mass is 314 g/mol. The normalized spacial score (nSPS) is 37.3. The molecule has 1 heterocycles. The number of ketones is 1. The third-order valence-corrected chi connectivity index (χ3v) is 7.14. The van der Waals surface area contributed by atoms with Gasteiger partial charge in [0.25, 0.3) is 0 Å². The van der Waals surface area contributed by atoms with E-state index in [1.165, 1.54) is 6.42 Å². The zero-order chi connectivity index (χ0) is 16.6. The van der Waals surface area contributed by atoms with Crippen molar-refractivity contribution < 1.29 is 14.3 Å². The zero-order valence-electron chi connectivity index (χ0n) is 14.8. The lowest BCUT2D eigenvalue weighted by atomic mass is 9.51. The average Bonchev–Trinajstić information content (AvgIpc) is 3.20. The van der Waals surface area contributed by atoms with Crippen molar-refractivity contribution in [3.05, 3.63) is 28.8 Å². The number of carbonyl (C=O) groups excluding carboxylic acids is 1. The van der Waals surface area contributed by atoms with E-state index < -0.39 is 0 Å². The van der Waals surface area contributed by atoms with Crippen LogP contribution in [0.25, 0.3) is 0 Å². The summed E-state index contributed by atoms with van der Waals surface area (Å²) in [4.78, 5) is 13.1. The van der Waals surface area contributed by atoms with Gasteiger partial charge in [-0.3, -0.25) is 4.79 Å². The Kier molecular flexibility index (Phi) is 2.90. The molecule has 4 rings (SSSR count). The molecule has 2 fully saturated rings. The van der Waals surface area contributed by atoms with Crippen molar-refractivity contribution in [2.75, 3.05) is 7.11 Å². The number of epoxide rings is 1. The van der Waals surface area contributed by atoms with E-state index in [-0.39, 0.29) is 28.3 Å². The lowest BCUT2D eigenvalue weighted by Gasteiger charge is -2.51. The van der Waals surface area contributed by atoms with Crippen LogP contribution in [0.15, 0.2) is 12.1 Å². The quantitative estimate of drug-likeness (QED) is 0.710. The number of aryl methyl sites for hydroxylation is 1. The van der Waals surface area contributed by atoms with Crippen LogP contribution in [-0.2, 0) is 4.74 Å². The molecule has 3 unspecified atom stereocenters. The molecule has 23 heavy (non-hydrogen) atoms. The van der Waals surface area contributed by atoms with E-state index >= 15 is 0 Å². The van der Waals surface area contributed by atoms with Crippen molar-refractivity contribution in [3.63, 3.8) is 0 Å². The molecule has 3 aliphatic rings. The van der Waals surface area contributed by atoms with Gasteiger partial charge in [-0.2, -0.15) is 0 Å². The SMILES string of the molecule is COc1cc2c(cc1C)C(=O)CC1(C)C(C)(C)CCCC13OC23. The summed E-state index contributed by atoms with van der Waals surface area (Å²) >= 11 is 0. The number of methoxy groups -OCH3 is 1. The van der Waals surface area contributed by atoms with Crippen molar-refractivity contribution >= 4 is 5.78 Å². The molecule has 0 amide bonds. The largest absolute Gasteiger partial charge is 0.496 e. The highest BCUT2D eigenvalue weighted by Gasteiger charge is 2.73. The Morgan fingerprint density at radius 3 is 2.65 bits per heavy atom. The molecule has 3 nitrogen and oxygen atoms in total. The van der Waals surface area contributed by atoms with Crippen LogP contribution in [0.5, 0.6) is 5.75 Å². The predicted octanol–water partition coefficient (Wildman–Crippen LogP) is 4.62. The van der Waals surface area contributed by atoms with E-state index in [1.54, 1.807) is 7.11 Å². The molecule has 0 radical (unpaired) electrons. The molecule has 124 valence electrons. The molecule has 1 saturated heterocycles. The number of fused-ring (bicyclic) bond motifs is 2. The minimum absolute atomic E-state index is 0.0445. The Morgan fingerprint density at radius 2 is 1.96 bits per heavy atom. The molecule has 2 aliphatic carbocycles. The van der Waals surface area contributed by atoms with E-state index in [2.05, 4.69) is 20.8 Å². The van der Waals surface area contributed by atoms with E-state index in [1.807, 2.05) is 19.1 Å². The van der Waals surface area contributed by atoms with Gasteiger partial charge in [-0.25, -0.2) is 0 Å². The smallest absolute Gasteiger partial charge is 0.163 e. The summed E-state index contributed by atoms with van der Waals surface area (Å²) in [5.41, 5.74) is 2.73. The standard InChI is InChI=1S/C20H26O3/c1-12-9-13-14(10-16(12)22-5)17-20(23-17)8-6-7-18(2,3)19(20,4)11-15(13)21/h9-10,17H,6-8,11H2,1-5H3. The zero-order valence-corrected chi connectivity index (χ0v) is 14.8. The van der Waals surface area contributed by atoms with Gasteiger partial charge in [-0.1, -0.05) is 20.8 Å². The number of ether oxygens (including phenoxy) is 2. The van der Waals surface area contributed by atoms with Crippen molar-refractivity contribution in [2.24, 2.45) is 10.8 Å². The molecular formula is C20H26O3. The summed E-state index contributed by atoms with van der Waals surface area (Å²) in [5.74, 6) is 1.11. The third kappa shape index (κ3) is 1.72. The first-order chi connectivity index (χ1) is 10.8. The average molecular weight is 314 g/mol.